The molecular formula is C45H59F2N3O5. The molecule has 3 aromatic rings. The van der Waals surface area contributed by atoms with Gasteiger partial charge in [0.15, 0.2) is 6.29 Å². The summed E-state index contributed by atoms with van der Waals surface area (Å²) in [5.41, 5.74) is 3.16. The van der Waals surface area contributed by atoms with Crippen LogP contribution in [0.2, 0.25) is 0 Å². The Morgan fingerprint density at radius 1 is 0.982 bits per heavy atom. The zero-order chi connectivity index (χ0) is 39.7. The number of carbonyl (C=O) groups excluding carboxylic acids is 2. The number of rotatable bonds is 20. The highest BCUT2D eigenvalue weighted by Gasteiger charge is 2.40. The van der Waals surface area contributed by atoms with Crippen molar-refractivity contribution in [2.75, 3.05) is 13.7 Å². The van der Waals surface area contributed by atoms with Gasteiger partial charge in [0.05, 0.1) is 36.0 Å². The minimum atomic E-state index is -0.625. The molecule has 0 spiro atoms. The third kappa shape index (κ3) is 12.3. The van der Waals surface area contributed by atoms with E-state index in [0.717, 1.165) is 30.9 Å². The van der Waals surface area contributed by atoms with Gasteiger partial charge in [0.2, 0.25) is 11.2 Å². The molecule has 0 aliphatic carbocycles. The molecule has 1 saturated heterocycles. The lowest BCUT2D eigenvalue weighted by Crippen LogP contribution is -2.42. The van der Waals surface area contributed by atoms with Crippen LogP contribution in [-0.4, -0.2) is 47.6 Å². The van der Waals surface area contributed by atoms with Crippen LogP contribution >= 0.6 is 0 Å². The van der Waals surface area contributed by atoms with Crippen molar-refractivity contribution < 1.29 is 27.8 Å². The average molecular weight is 760 g/mol. The number of hydrogen-bond acceptors (Lipinski definition) is 7. The summed E-state index contributed by atoms with van der Waals surface area (Å²) in [5, 5.41) is 2.78. The smallest absolute Gasteiger partial charge is 0.344 e. The highest BCUT2D eigenvalue weighted by Crippen LogP contribution is 2.37. The molecule has 1 fully saturated rings. The maximum atomic E-state index is 13.6. The summed E-state index contributed by atoms with van der Waals surface area (Å²) >= 11 is 0. The Morgan fingerprint density at radius 2 is 1.65 bits per heavy atom. The van der Waals surface area contributed by atoms with Crippen molar-refractivity contribution in [3.05, 3.63) is 117 Å². The van der Waals surface area contributed by atoms with Crippen molar-refractivity contribution in [1.29, 1.82) is 0 Å². The predicted molar refractivity (Wildman–Crippen MR) is 215 cm³/mol. The fourth-order valence-corrected chi connectivity index (χ4v) is 7.26. The normalized spacial score (nSPS) is 15.9. The van der Waals surface area contributed by atoms with Crippen LogP contribution in [0.15, 0.2) is 72.2 Å². The van der Waals surface area contributed by atoms with Gasteiger partial charge >= 0.3 is 5.97 Å². The minimum Gasteiger partial charge on any atom is -0.416 e. The first kappa shape index (κ1) is 43.3. The molecule has 1 N–H and O–H groups in total. The third-order valence-corrected chi connectivity index (χ3v) is 10.3. The number of nitrogens with zero attached hydrogens (tertiary/aromatic N) is 2. The van der Waals surface area contributed by atoms with Gasteiger partial charge in [-0.05, 0) is 57.4 Å². The molecule has 1 aromatic heterocycles. The number of hydrogen-bond donors (Lipinski definition) is 1. The van der Waals surface area contributed by atoms with Crippen molar-refractivity contribution in [3.63, 3.8) is 0 Å². The fourth-order valence-electron chi connectivity index (χ4n) is 7.26. The quantitative estimate of drug-likeness (QED) is 0.0531. The lowest BCUT2D eigenvalue weighted by Gasteiger charge is -2.37. The lowest BCUT2D eigenvalue weighted by molar-refractivity contribution is 0.0366. The summed E-state index contributed by atoms with van der Waals surface area (Å²) in [6, 6.07) is 11.0. The highest BCUT2D eigenvalue weighted by atomic mass is 19.1. The molecule has 0 amide bonds. The summed E-state index contributed by atoms with van der Waals surface area (Å²) in [6.45, 7) is 14.1. The van der Waals surface area contributed by atoms with E-state index in [0.29, 0.717) is 54.9 Å². The van der Waals surface area contributed by atoms with Gasteiger partial charge in [-0.15, -0.1) is 0 Å². The molecule has 298 valence electrons. The largest absolute Gasteiger partial charge is 0.416 e. The van der Waals surface area contributed by atoms with E-state index in [1.165, 1.54) is 88.1 Å². The summed E-state index contributed by atoms with van der Waals surface area (Å²) in [4.78, 5) is 40.6. The Balaban J connectivity index is 0.000000525. The first-order valence-corrected chi connectivity index (χ1v) is 20.0. The number of aromatic nitrogens is 1. The lowest BCUT2D eigenvalue weighted by atomic mass is 9.97. The first-order valence-electron chi connectivity index (χ1n) is 20.0. The number of ether oxygens (including phenoxy) is 2. The molecule has 2 aliphatic heterocycles. The number of unbranched alkanes of at least 4 members (excludes halogenated alkanes) is 10. The summed E-state index contributed by atoms with van der Waals surface area (Å²) in [6.07, 6.45) is 18.6. The maximum absolute atomic E-state index is 13.6. The monoisotopic (exact) mass is 759 g/mol. The van der Waals surface area contributed by atoms with Crippen LogP contribution in [-0.2, 0) is 24.2 Å². The Hall–Kier alpha value is -4.41. The van der Waals surface area contributed by atoms with E-state index in [1.54, 1.807) is 23.7 Å². The van der Waals surface area contributed by atoms with Crippen molar-refractivity contribution >= 4 is 18.0 Å². The van der Waals surface area contributed by atoms with Gasteiger partial charge in [0, 0.05) is 24.4 Å². The van der Waals surface area contributed by atoms with Gasteiger partial charge in [-0.25, -0.2) is 13.6 Å². The number of halogens is 2. The van der Waals surface area contributed by atoms with E-state index < -0.39 is 23.0 Å². The van der Waals surface area contributed by atoms with E-state index in [2.05, 4.69) is 25.4 Å². The Bertz CT molecular complexity index is 1820. The Morgan fingerprint density at radius 3 is 2.31 bits per heavy atom. The van der Waals surface area contributed by atoms with Gasteiger partial charge in [0.25, 0.3) is 0 Å². The van der Waals surface area contributed by atoms with Gasteiger partial charge in [-0.2, -0.15) is 0 Å². The van der Waals surface area contributed by atoms with Crippen molar-refractivity contribution in [3.8, 4) is 5.75 Å². The van der Waals surface area contributed by atoms with Crippen molar-refractivity contribution in [2.45, 2.75) is 129 Å². The molecule has 10 heteroatoms. The molecule has 55 heavy (non-hydrogen) atoms. The van der Waals surface area contributed by atoms with Crippen molar-refractivity contribution in [2.24, 2.45) is 0 Å². The zero-order valence-electron chi connectivity index (χ0n) is 33.0. The first-order chi connectivity index (χ1) is 26.6. The Labute approximate surface area is 325 Å². The number of aldehydes is 1. The van der Waals surface area contributed by atoms with Gasteiger partial charge in [-0.1, -0.05) is 114 Å². The Kier molecular flexibility index (Phi) is 17.5. The van der Waals surface area contributed by atoms with Crippen LogP contribution in [0.5, 0.6) is 5.75 Å². The van der Waals surface area contributed by atoms with E-state index >= 15 is 0 Å². The zero-order valence-corrected chi connectivity index (χ0v) is 33.0. The molecule has 2 aromatic carbocycles. The van der Waals surface area contributed by atoms with Crippen LogP contribution in [0.25, 0.3) is 5.70 Å². The van der Waals surface area contributed by atoms with Crippen LogP contribution in [0.1, 0.15) is 135 Å². The molecule has 0 radical (unpaired) electrons. The van der Waals surface area contributed by atoms with E-state index in [9.17, 15) is 23.2 Å². The highest BCUT2D eigenvalue weighted by molar-refractivity contribution is 5.93. The number of benzene rings is 2. The molecule has 0 bridgehead atoms. The molecule has 0 saturated carbocycles. The summed E-state index contributed by atoms with van der Waals surface area (Å²) in [5.74, 6) is -1.83. The van der Waals surface area contributed by atoms with Crippen LogP contribution < -0.4 is 15.5 Å². The second-order valence-corrected chi connectivity index (χ2v) is 14.7. The van der Waals surface area contributed by atoms with Gasteiger partial charge in [-0.3, -0.25) is 9.59 Å². The van der Waals surface area contributed by atoms with Crippen molar-refractivity contribution in [1.82, 2.24) is 14.8 Å². The third-order valence-electron chi connectivity index (χ3n) is 10.3. The molecule has 5 rings (SSSR count). The molecule has 2 aliphatic rings. The minimum absolute atomic E-state index is 0.0598. The van der Waals surface area contributed by atoms with E-state index in [4.69, 9.17) is 9.47 Å². The second-order valence-electron chi connectivity index (χ2n) is 14.7. The van der Waals surface area contributed by atoms with Gasteiger partial charge in [0.1, 0.15) is 23.6 Å². The number of fused-ring (bicyclic) bond motifs is 2. The summed E-state index contributed by atoms with van der Waals surface area (Å²) < 4.78 is 38.5. The van der Waals surface area contributed by atoms with E-state index in [1.807, 2.05) is 24.0 Å². The SMILES string of the molecule is C=C(CCCCCCCCCCCCC)CCc1ccccc1C(=O)Oc1c2n(cc(C=O)c1=O)CC1OCC(C)N1C2=C.CNCc1ccc(F)cc1F. The number of pyridine rings is 1. The maximum Gasteiger partial charge on any atom is 0.344 e. The van der Waals surface area contributed by atoms with Gasteiger partial charge < -0.3 is 24.3 Å². The number of allylic oxidation sites excluding steroid dienone is 1. The molecule has 2 unspecified atom stereocenters. The standard InChI is InChI=1S/C37H50N2O5.C8H9F2N/c1-5-6-7-8-9-10-11-12-13-14-15-18-27(2)21-22-30-19-16-17-20-32(30)37(42)44-36-34-29(4)39-28(3)26-43-33(39)24-38(34)23-31(25-40)35(36)41;1-11-5-6-2-3-7(9)4-8(6)10/h16-17,19-20,23,25,28,33H,2,4-15,18,21-22,24,26H2,1,3H3;2-4,11H,5H2,1H3. The molecule has 8 nitrogen and oxygen atoms in total. The molecule has 3 heterocycles. The topological polar surface area (TPSA) is 89.9 Å². The van der Waals surface area contributed by atoms with Crippen LogP contribution in [0, 0.1) is 11.6 Å². The number of esters is 1. The number of nitrogens with one attached hydrogen (secondary N) is 1. The van der Waals surface area contributed by atoms with E-state index in [-0.39, 0.29) is 23.6 Å². The summed E-state index contributed by atoms with van der Waals surface area (Å²) in [7, 11) is 1.71. The van der Waals surface area contributed by atoms with Crippen LogP contribution in [0.4, 0.5) is 8.78 Å². The van der Waals surface area contributed by atoms with Crippen LogP contribution in [0.3, 0.4) is 0 Å². The predicted octanol–water partition coefficient (Wildman–Crippen LogP) is 9.79. The molecule has 2 atom stereocenters. The fraction of sp³-hybridized carbons (Fsp3) is 0.489. The number of aryl methyl sites for hydroxylation is 1. The molecular weight excluding hydrogens is 701 g/mol. The second kappa shape index (κ2) is 22.2. The number of carbonyl (C=O) groups is 2. The average Bonchev–Trinajstić information content (AvgIpc) is 3.55.